The van der Waals surface area contributed by atoms with Crippen LogP contribution in [0.3, 0.4) is 0 Å². The van der Waals surface area contributed by atoms with E-state index in [2.05, 4.69) is 6.08 Å². The molecule has 1 atom stereocenters. The van der Waals surface area contributed by atoms with Crippen LogP contribution in [0.5, 0.6) is 0 Å². The summed E-state index contributed by atoms with van der Waals surface area (Å²) in [6, 6.07) is 8.10. The average molecular weight is 202 g/mol. The molecule has 1 unspecified atom stereocenters. The molecule has 1 aliphatic rings. The third-order valence-electron chi connectivity index (χ3n) is 2.85. The highest BCUT2D eigenvalue weighted by molar-refractivity contribution is 5.36. The molecule has 1 aromatic carbocycles. The molecule has 0 saturated heterocycles. The van der Waals surface area contributed by atoms with E-state index in [-0.39, 0.29) is 11.7 Å². The van der Waals surface area contributed by atoms with Crippen LogP contribution in [0.1, 0.15) is 30.4 Å². The highest BCUT2D eigenvalue weighted by Gasteiger charge is 2.18. The van der Waals surface area contributed by atoms with Gasteiger partial charge in [-0.2, -0.15) is 0 Å². The predicted octanol–water partition coefficient (Wildman–Crippen LogP) is 4.28. The van der Waals surface area contributed by atoms with Crippen molar-refractivity contribution < 1.29 is 4.39 Å². The second-order valence-corrected chi connectivity index (χ2v) is 4.18. The summed E-state index contributed by atoms with van der Waals surface area (Å²) in [5.74, 6) is -0.0897. The van der Waals surface area contributed by atoms with Gasteiger partial charge in [0.05, 0.1) is 0 Å². The molecule has 1 aromatic rings. The Morgan fingerprint density at radius 3 is 2.40 bits per heavy atom. The lowest BCUT2D eigenvalue weighted by Gasteiger charge is -2.18. The van der Waals surface area contributed by atoms with Crippen LogP contribution in [-0.4, -0.2) is 0 Å². The van der Waals surface area contributed by atoms with Crippen molar-refractivity contribution in [3.05, 3.63) is 58.9 Å². The predicted molar refractivity (Wildman–Crippen MR) is 61.5 cm³/mol. The monoisotopic (exact) mass is 202 g/mol. The van der Waals surface area contributed by atoms with E-state index >= 15 is 0 Å². The van der Waals surface area contributed by atoms with E-state index < -0.39 is 0 Å². The van der Waals surface area contributed by atoms with Crippen LogP contribution in [0.2, 0.25) is 0 Å². The van der Waals surface area contributed by atoms with Crippen molar-refractivity contribution in [1.82, 2.24) is 0 Å². The minimum atomic E-state index is -0.0747. The van der Waals surface area contributed by atoms with E-state index in [1.807, 2.05) is 38.1 Å². The zero-order valence-electron chi connectivity index (χ0n) is 9.13. The van der Waals surface area contributed by atoms with Crippen molar-refractivity contribution in [2.24, 2.45) is 0 Å². The second-order valence-electron chi connectivity index (χ2n) is 4.18. The van der Waals surface area contributed by atoms with Crippen LogP contribution in [0.4, 0.5) is 4.39 Å². The standard InChI is InChI=1S/C14H15F/c1-10-3-6-12(7-4-10)13-8-5-11(2)9-14(13)15/h3-7,9,13H,8H2,1-2H3. The molecule has 0 amide bonds. The number of rotatable bonds is 1. The normalized spacial score (nSPS) is 20.9. The molecule has 1 aliphatic carbocycles. The van der Waals surface area contributed by atoms with Gasteiger partial charge in [-0.25, -0.2) is 4.39 Å². The topological polar surface area (TPSA) is 0 Å². The first-order valence-electron chi connectivity index (χ1n) is 5.27. The fraction of sp³-hybridized carbons (Fsp3) is 0.286. The minimum Gasteiger partial charge on any atom is -0.211 e. The summed E-state index contributed by atoms with van der Waals surface area (Å²) >= 11 is 0. The molecule has 0 nitrogen and oxygen atoms in total. The summed E-state index contributed by atoms with van der Waals surface area (Å²) < 4.78 is 13.7. The van der Waals surface area contributed by atoms with Crippen LogP contribution in [0.15, 0.2) is 47.8 Å². The third kappa shape index (κ3) is 2.17. The Hall–Kier alpha value is -1.37. The number of hydrogen-bond acceptors (Lipinski definition) is 0. The number of aryl methyl sites for hydroxylation is 1. The maximum atomic E-state index is 13.7. The van der Waals surface area contributed by atoms with Gasteiger partial charge >= 0.3 is 0 Å². The van der Waals surface area contributed by atoms with Gasteiger partial charge in [-0.05, 0) is 31.9 Å². The van der Waals surface area contributed by atoms with Crippen molar-refractivity contribution in [1.29, 1.82) is 0 Å². The molecule has 0 N–H and O–H groups in total. The van der Waals surface area contributed by atoms with Gasteiger partial charge in [0.25, 0.3) is 0 Å². The molecule has 0 radical (unpaired) electrons. The number of benzene rings is 1. The lowest BCUT2D eigenvalue weighted by molar-refractivity contribution is 0.538. The van der Waals surface area contributed by atoms with Gasteiger partial charge in [-0.3, -0.25) is 0 Å². The zero-order valence-corrected chi connectivity index (χ0v) is 9.13. The molecule has 2 rings (SSSR count). The SMILES string of the molecule is CC1=CCC(c2ccc(C)cc2)C(F)=C1. The molecular formula is C14H15F. The molecule has 78 valence electrons. The Bertz CT molecular complexity index is 409. The van der Waals surface area contributed by atoms with Gasteiger partial charge in [-0.1, -0.05) is 41.5 Å². The third-order valence-corrected chi connectivity index (χ3v) is 2.85. The van der Waals surface area contributed by atoms with Gasteiger partial charge in [-0.15, -0.1) is 0 Å². The second kappa shape index (κ2) is 4.01. The fourth-order valence-corrected chi connectivity index (χ4v) is 1.89. The van der Waals surface area contributed by atoms with Gasteiger partial charge in [0.2, 0.25) is 0 Å². The van der Waals surface area contributed by atoms with E-state index in [0.29, 0.717) is 0 Å². The molecule has 0 spiro atoms. The Morgan fingerprint density at radius 1 is 1.13 bits per heavy atom. The summed E-state index contributed by atoms with van der Waals surface area (Å²) in [6.45, 7) is 3.98. The van der Waals surface area contributed by atoms with Crippen LogP contribution in [0, 0.1) is 6.92 Å². The lowest BCUT2D eigenvalue weighted by Crippen LogP contribution is -2.02. The fourth-order valence-electron chi connectivity index (χ4n) is 1.89. The highest BCUT2D eigenvalue weighted by Crippen LogP contribution is 2.33. The first-order valence-corrected chi connectivity index (χ1v) is 5.27. The smallest absolute Gasteiger partial charge is 0.108 e. The Kier molecular flexibility index (Phi) is 2.72. The molecule has 0 aromatic heterocycles. The molecule has 0 fully saturated rings. The van der Waals surface area contributed by atoms with Crippen LogP contribution < -0.4 is 0 Å². The van der Waals surface area contributed by atoms with Gasteiger partial charge < -0.3 is 0 Å². The summed E-state index contributed by atoms with van der Waals surface area (Å²) in [6.07, 6.45) is 4.50. The minimum absolute atomic E-state index is 0.0150. The Balaban J connectivity index is 2.27. The summed E-state index contributed by atoms with van der Waals surface area (Å²) in [4.78, 5) is 0. The zero-order chi connectivity index (χ0) is 10.8. The maximum absolute atomic E-state index is 13.7. The number of halogens is 1. The molecular weight excluding hydrogens is 187 g/mol. The molecule has 0 bridgehead atoms. The van der Waals surface area contributed by atoms with Crippen LogP contribution in [-0.2, 0) is 0 Å². The van der Waals surface area contributed by atoms with E-state index in [0.717, 1.165) is 17.6 Å². The van der Waals surface area contributed by atoms with Crippen molar-refractivity contribution in [3.63, 3.8) is 0 Å². The quantitative estimate of drug-likeness (QED) is 0.637. The molecule has 0 saturated carbocycles. The summed E-state index contributed by atoms with van der Waals surface area (Å²) in [5, 5.41) is 0. The lowest BCUT2D eigenvalue weighted by atomic mass is 9.89. The van der Waals surface area contributed by atoms with Crippen molar-refractivity contribution in [2.75, 3.05) is 0 Å². The maximum Gasteiger partial charge on any atom is 0.108 e. The summed E-state index contributed by atoms with van der Waals surface area (Å²) in [5.41, 5.74) is 3.31. The van der Waals surface area contributed by atoms with E-state index in [4.69, 9.17) is 0 Å². The Morgan fingerprint density at radius 2 is 1.80 bits per heavy atom. The Labute approximate surface area is 90.1 Å². The molecule has 15 heavy (non-hydrogen) atoms. The van der Waals surface area contributed by atoms with Crippen molar-refractivity contribution in [3.8, 4) is 0 Å². The first-order chi connectivity index (χ1) is 7.16. The van der Waals surface area contributed by atoms with Crippen molar-refractivity contribution >= 4 is 0 Å². The largest absolute Gasteiger partial charge is 0.211 e. The van der Waals surface area contributed by atoms with E-state index in [1.165, 1.54) is 5.56 Å². The number of hydrogen-bond donors (Lipinski definition) is 0. The number of allylic oxidation sites excluding steroid dienone is 4. The molecule has 1 heteroatoms. The van der Waals surface area contributed by atoms with Crippen LogP contribution >= 0.6 is 0 Å². The van der Waals surface area contributed by atoms with Crippen LogP contribution in [0.25, 0.3) is 0 Å². The van der Waals surface area contributed by atoms with E-state index in [9.17, 15) is 4.39 Å². The van der Waals surface area contributed by atoms with Gasteiger partial charge in [0.15, 0.2) is 0 Å². The van der Waals surface area contributed by atoms with Gasteiger partial charge in [0, 0.05) is 5.92 Å². The van der Waals surface area contributed by atoms with E-state index in [1.54, 1.807) is 6.08 Å². The van der Waals surface area contributed by atoms with Gasteiger partial charge in [0.1, 0.15) is 5.83 Å². The first kappa shape index (κ1) is 10.2. The molecule has 0 aliphatic heterocycles. The molecule has 0 heterocycles. The van der Waals surface area contributed by atoms with Crippen molar-refractivity contribution in [2.45, 2.75) is 26.2 Å². The average Bonchev–Trinajstić information content (AvgIpc) is 2.20. The summed E-state index contributed by atoms with van der Waals surface area (Å²) in [7, 11) is 0. The highest BCUT2D eigenvalue weighted by atomic mass is 19.1.